The van der Waals surface area contributed by atoms with Crippen molar-refractivity contribution in [1.82, 2.24) is 9.88 Å². The fraction of sp³-hybridized carbons (Fsp3) is 0.400. The molecule has 1 amide bonds. The number of carbonyl (C=O) groups is 1. The zero-order valence-corrected chi connectivity index (χ0v) is 15.4. The van der Waals surface area contributed by atoms with Crippen LogP contribution < -0.4 is 15.0 Å². The number of para-hydroxylation sites is 1. The number of benzene rings is 1. The number of hydrogen-bond donors (Lipinski definition) is 1. The maximum atomic E-state index is 12.5. The molecule has 0 radical (unpaired) electrons. The summed E-state index contributed by atoms with van der Waals surface area (Å²) in [6, 6.07) is 13.3. The highest BCUT2D eigenvalue weighted by Crippen LogP contribution is 2.17. The van der Waals surface area contributed by atoms with E-state index in [1.165, 1.54) is 0 Å². The summed E-state index contributed by atoms with van der Waals surface area (Å²) < 4.78 is 5.78. The van der Waals surface area contributed by atoms with Crippen molar-refractivity contribution in [3.63, 3.8) is 0 Å². The topological polar surface area (TPSA) is 57.7 Å². The number of amides is 1. The van der Waals surface area contributed by atoms with Gasteiger partial charge in [0.25, 0.3) is 5.91 Å². The molecular weight excluding hydrogens is 328 g/mol. The first-order chi connectivity index (χ1) is 12.7. The van der Waals surface area contributed by atoms with E-state index in [1.54, 1.807) is 6.20 Å². The molecule has 1 aliphatic rings. The Morgan fingerprint density at radius 3 is 2.50 bits per heavy atom. The fourth-order valence-corrected chi connectivity index (χ4v) is 2.89. The number of likely N-dealkylation sites (N-methyl/N-ethyl adjacent to an activating group) is 1. The molecule has 0 spiro atoms. The Hall–Kier alpha value is -2.60. The number of carbonyl (C=O) groups excluding carboxylic acids is 1. The minimum absolute atomic E-state index is 0.162. The van der Waals surface area contributed by atoms with Gasteiger partial charge in [0.2, 0.25) is 0 Å². The third-order valence-electron chi connectivity index (χ3n) is 4.53. The Morgan fingerprint density at radius 2 is 1.88 bits per heavy atom. The Morgan fingerprint density at radius 1 is 1.15 bits per heavy atom. The first-order valence-electron chi connectivity index (χ1n) is 9.08. The summed E-state index contributed by atoms with van der Waals surface area (Å²) in [6.07, 6.45) is 1.77. The van der Waals surface area contributed by atoms with Gasteiger partial charge in [-0.2, -0.15) is 0 Å². The highest BCUT2D eigenvalue weighted by atomic mass is 16.5. The molecule has 2 aromatic rings. The lowest BCUT2D eigenvalue weighted by atomic mass is 10.2. The van der Waals surface area contributed by atoms with Gasteiger partial charge >= 0.3 is 0 Å². The number of aromatic nitrogens is 1. The highest BCUT2D eigenvalue weighted by molar-refractivity contribution is 5.94. The van der Waals surface area contributed by atoms with Crippen molar-refractivity contribution in [2.24, 2.45) is 0 Å². The Kier molecular flexibility index (Phi) is 6.07. The maximum Gasteiger partial charge on any atom is 0.265 e. The molecule has 1 aromatic carbocycles. The molecule has 1 atom stereocenters. The van der Waals surface area contributed by atoms with Gasteiger partial charge in [0, 0.05) is 26.2 Å². The SMILES string of the molecule is CCC(Oc1ccccc1)C(=O)Nc1ccc(N2CCN(C)CC2)nc1. The molecule has 0 saturated carbocycles. The molecule has 2 heterocycles. The molecule has 6 nitrogen and oxygen atoms in total. The normalized spacial score (nSPS) is 16.2. The number of piperazine rings is 1. The molecule has 6 heteroatoms. The first-order valence-corrected chi connectivity index (χ1v) is 9.08. The molecule has 0 bridgehead atoms. The van der Waals surface area contributed by atoms with E-state index in [1.807, 2.05) is 49.4 Å². The highest BCUT2D eigenvalue weighted by Gasteiger charge is 2.19. The molecule has 1 unspecified atom stereocenters. The van der Waals surface area contributed by atoms with Crippen molar-refractivity contribution in [2.75, 3.05) is 43.4 Å². The molecule has 26 heavy (non-hydrogen) atoms. The minimum Gasteiger partial charge on any atom is -0.481 e. The lowest BCUT2D eigenvalue weighted by Gasteiger charge is -2.33. The number of anilines is 2. The van der Waals surface area contributed by atoms with Gasteiger partial charge in [-0.3, -0.25) is 4.79 Å². The summed E-state index contributed by atoms with van der Waals surface area (Å²) in [6.45, 7) is 5.95. The lowest BCUT2D eigenvalue weighted by molar-refractivity contribution is -0.122. The molecule has 138 valence electrons. The van der Waals surface area contributed by atoms with Crippen LogP contribution in [0.2, 0.25) is 0 Å². The summed E-state index contributed by atoms with van der Waals surface area (Å²) in [5.74, 6) is 1.48. The van der Waals surface area contributed by atoms with Gasteiger partial charge in [-0.1, -0.05) is 25.1 Å². The van der Waals surface area contributed by atoms with Crippen LogP contribution in [0, 0.1) is 0 Å². The van der Waals surface area contributed by atoms with Gasteiger partial charge < -0.3 is 19.9 Å². The van der Waals surface area contributed by atoms with Gasteiger partial charge in [-0.25, -0.2) is 4.98 Å². The minimum atomic E-state index is -0.533. The van der Waals surface area contributed by atoms with Gasteiger partial charge in [-0.05, 0) is 37.7 Å². The van der Waals surface area contributed by atoms with Gasteiger partial charge in [0.1, 0.15) is 11.6 Å². The quantitative estimate of drug-likeness (QED) is 0.864. The Labute approximate surface area is 154 Å². The van der Waals surface area contributed by atoms with Gasteiger partial charge in [-0.15, -0.1) is 0 Å². The van der Waals surface area contributed by atoms with Crippen LogP contribution in [0.15, 0.2) is 48.7 Å². The van der Waals surface area contributed by atoms with Crippen molar-refractivity contribution in [1.29, 1.82) is 0 Å². The molecule has 1 fully saturated rings. The number of hydrogen-bond acceptors (Lipinski definition) is 5. The third-order valence-corrected chi connectivity index (χ3v) is 4.53. The van der Waals surface area contributed by atoms with E-state index < -0.39 is 6.10 Å². The second-order valence-electron chi connectivity index (χ2n) is 6.51. The van der Waals surface area contributed by atoms with E-state index in [0.717, 1.165) is 32.0 Å². The Bertz CT molecular complexity index is 698. The number of nitrogens with zero attached hydrogens (tertiary/aromatic N) is 3. The van der Waals surface area contributed by atoms with Crippen LogP contribution in [-0.4, -0.2) is 55.1 Å². The van der Waals surface area contributed by atoms with E-state index in [2.05, 4.69) is 27.1 Å². The number of pyridine rings is 1. The molecule has 3 rings (SSSR count). The first kappa shape index (κ1) is 18.2. The van der Waals surface area contributed by atoms with Crippen molar-refractivity contribution < 1.29 is 9.53 Å². The third kappa shape index (κ3) is 4.73. The van der Waals surface area contributed by atoms with E-state index >= 15 is 0 Å². The lowest BCUT2D eigenvalue weighted by Crippen LogP contribution is -2.44. The molecule has 1 aliphatic heterocycles. The standard InChI is InChI=1S/C20H26N4O2/c1-3-18(26-17-7-5-4-6-8-17)20(25)22-16-9-10-19(21-15-16)24-13-11-23(2)12-14-24/h4-10,15,18H,3,11-14H2,1-2H3,(H,22,25). The smallest absolute Gasteiger partial charge is 0.265 e. The van der Waals surface area contributed by atoms with Crippen LogP contribution in [0.25, 0.3) is 0 Å². The van der Waals surface area contributed by atoms with E-state index in [0.29, 0.717) is 17.9 Å². The molecule has 0 aliphatic carbocycles. The number of nitrogens with one attached hydrogen (secondary N) is 1. The van der Waals surface area contributed by atoms with Crippen LogP contribution in [0.5, 0.6) is 5.75 Å². The molecule has 1 aromatic heterocycles. The van der Waals surface area contributed by atoms with Crippen LogP contribution in [0.1, 0.15) is 13.3 Å². The van der Waals surface area contributed by atoms with Crippen LogP contribution in [0.3, 0.4) is 0 Å². The fourth-order valence-electron chi connectivity index (χ4n) is 2.89. The number of ether oxygens (including phenoxy) is 1. The molecule has 1 saturated heterocycles. The average Bonchev–Trinajstić information content (AvgIpc) is 2.68. The zero-order valence-electron chi connectivity index (χ0n) is 15.4. The maximum absolute atomic E-state index is 12.5. The van der Waals surface area contributed by atoms with E-state index in [-0.39, 0.29) is 5.91 Å². The molecular formula is C20H26N4O2. The summed E-state index contributed by atoms with van der Waals surface area (Å²) in [5.41, 5.74) is 0.683. The molecule has 1 N–H and O–H groups in total. The van der Waals surface area contributed by atoms with Gasteiger partial charge in [0.05, 0.1) is 11.9 Å². The van der Waals surface area contributed by atoms with Crippen molar-refractivity contribution in [3.05, 3.63) is 48.7 Å². The average molecular weight is 354 g/mol. The van der Waals surface area contributed by atoms with Crippen LogP contribution >= 0.6 is 0 Å². The predicted molar refractivity (Wildman–Crippen MR) is 104 cm³/mol. The largest absolute Gasteiger partial charge is 0.481 e. The number of rotatable bonds is 6. The van der Waals surface area contributed by atoms with E-state index in [4.69, 9.17) is 4.74 Å². The second-order valence-corrected chi connectivity index (χ2v) is 6.51. The summed E-state index contributed by atoms with van der Waals surface area (Å²) in [7, 11) is 2.13. The van der Waals surface area contributed by atoms with Crippen molar-refractivity contribution in [2.45, 2.75) is 19.4 Å². The van der Waals surface area contributed by atoms with Crippen LogP contribution in [-0.2, 0) is 4.79 Å². The predicted octanol–water partition coefficient (Wildman–Crippen LogP) is 2.63. The Balaban J connectivity index is 1.58. The van der Waals surface area contributed by atoms with Gasteiger partial charge in [0.15, 0.2) is 6.10 Å². The van der Waals surface area contributed by atoms with E-state index in [9.17, 15) is 4.79 Å². The summed E-state index contributed by atoms with van der Waals surface area (Å²) in [5, 5.41) is 2.90. The zero-order chi connectivity index (χ0) is 18.4. The summed E-state index contributed by atoms with van der Waals surface area (Å²) >= 11 is 0. The van der Waals surface area contributed by atoms with Crippen molar-refractivity contribution in [3.8, 4) is 5.75 Å². The summed E-state index contributed by atoms with van der Waals surface area (Å²) in [4.78, 5) is 21.6. The second kappa shape index (κ2) is 8.67. The van der Waals surface area contributed by atoms with Crippen LogP contribution in [0.4, 0.5) is 11.5 Å². The monoisotopic (exact) mass is 354 g/mol. The van der Waals surface area contributed by atoms with Crippen molar-refractivity contribution >= 4 is 17.4 Å².